The van der Waals surface area contributed by atoms with Gasteiger partial charge in [0.2, 0.25) is 0 Å². The van der Waals surface area contributed by atoms with E-state index in [-0.39, 0.29) is 12.8 Å². The van der Waals surface area contributed by atoms with Crippen molar-refractivity contribution < 1.29 is 23.8 Å². The molecule has 1 amide bonds. The van der Waals surface area contributed by atoms with Gasteiger partial charge in [0.25, 0.3) is 0 Å². The van der Waals surface area contributed by atoms with Crippen LogP contribution in [-0.4, -0.2) is 44.0 Å². The van der Waals surface area contributed by atoms with Crippen molar-refractivity contribution >= 4 is 12.1 Å². The van der Waals surface area contributed by atoms with E-state index in [0.717, 1.165) is 19.3 Å². The van der Waals surface area contributed by atoms with Crippen LogP contribution in [0.5, 0.6) is 0 Å². The standard InChI is InChI=1S/C17H29NO5/c1-4-5-6-7-8-9-10-14-11-15(12-16(19)22-3)23-17(20)18(14)13-21-2/h12,14H,4-11,13H2,1-3H3/b15-12+. The number of amides is 1. The van der Waals surface area contributed by atoms with E-state index in [1.165, 1.54) is 38.9 Å². The molecule has 1 heterocycles. The lowest BCUT2D eigenvalue weighted by Gasteiger charge is -2.35. The molecular formula is C17H29NO5. The van der Waals surface area contributed by atoms with Crippen molar-refractivity contribution in [1.29, 1.82) is 0 Å². The monoisotopic (exact) mass is 327 g/mol. The van der Waals surface area contributed by atoms with Gasteiger partial charge in [0.15, 0.2) is 0 Å². The van der Waals surface area contributed by atoms with E-state index in [4.69, 9.17) is 9.47 Å². The van der Waals surface area contributed by atoms with Gasteiger partial charge in [0, 0.05) is 19.6 Å². The van der Waals surface area contributed by atoms with E-state index in [1.54, 1.807) is 12.0 Å². The molecular weight excluding hydrogens is 298 g/mol. The number of rotatable bonds is 10. The summed E-state index contributed by atoms with van der Waals surface area (Å²) >= 11 is 0. The third kappa shape index (κ3) is 7.03. The number of carbonyl (C=O) groups is 2. The molecule has 0 aliphatic carbocycles. The second-order valence-corrected chi connectivity index (χ2v) is 5.80. The number of hydrogen-bond acceptors (Lipinski definition) is 5. The van der Waals surface area contributed by atoms with Gasteiger partial charge in [-0.1, -0.05) is 45.4 Å². The molecule has 6 heteroatoms. The first-order valence-electron chi connectivity index (χ1n) is 8.38. The molecule has 0 aromatic heterocycles. The fraction of sp³-hybridized carbons (Fsp3) is 0.765. The van der Waals surface area contributed by atoms with Crippen LogP contribution in [0.25, 0.3) is 0 Å². The summed E-state index contributed by atoms with van der Waals surface area (Å²) in [5.41, 5.74) is 0. The molecule has 0 spiro atoms. The minimum Gasteiger partial charge on any atom is -0.466 e. The minimum absolute atomic E-state index is 0.00159. The van der Waals surface area contributed by atoms with Crippen LogP contribution in [0, 0.1) is 0 Å². The minimum atomic E-state index is -0.508. The molecule has 0 aromatic carbocycles. The number of hydrogen-bond donors (Lipinski definition) is 0. The zero-order chi connectivity index (χ0) is 17.1. The Labute approximate surface area is 138 Å². The molecule has 1 unspecified atom stereocenters. The zero-order valence-electron chi connectivity index (χ0n) is 14.5. The average Bonchev–Trinajstić information content (AvgIpc) is 2.53. The second kappa shape index (κ2) is 11.0. The Hall–Kier alpha value is -1.56. The van der Waals surface area contributed by atoms with E-state index < -0.39 is 12.1 Å². The highest BCUT2D eigenvalue weighted by Crippen LogP contribution is 2.25. The van der Waals surface area contributed by atoms with Gasteiger partial charge in [0.1, 0.15) is 12.5 Å². The summed E-state index contributed by atoms with van der Waals surface area (Å²) in [6, 6.07) is -0.00159. The number of methoxy groups -OCH3 is 2. The lowest BCUT2D eigenvalue weighted by molar-refractivity contribution is -0.135. The molecule has 1 atom stereocenters. The van der Waals surface area contributed by atoms with E-state index in [1.807, 2.05) is 0 Å². The normalized spacial score (nSPS) is 19.8. The Kier molecular flexibility index (Phi) is 9.36. The van der Waals surface area contributed by atoms with Crippen molar-refractivity contribution in [2.24, 2.45) is 0 Å². The van der Waals surface area contributed by atoms with Crippen molar-refractivity contribution in [3.05, 3.63) is 11.8 Å². The van der Waals surface area contributed by atoms with Gasteiger partial charge in [-0.15, -0.1) is 0 Å². The number of esters is 1. The van der Waals surface area contributed by atoms with Gasteiger partial charge in [-0.3, -0.25) is 4.90 Å². The van der Waals surface area contributed by atoms with Gasteiger partial charge < -0.3 is 14.2 Å². The highest BCUT2D eigenvalue weighted by molar-refractivity contribution is 5.83. The maximum absolute atomic E-state index is 12.1. The van der Waals surface area contributed by atoms with Crippen molar-refractivity contribution in [2.75, 3.05) is 21.0 Å². The predicted octanol–water partition coefficient (Wildman–Crippen LogP) is 3.61. The number of nitrogens with zero attached hydrogens (tertiary/aromatic N) is 1. The van der Waals surface area contributed by atoms with Gasteiger partial charge in [0.05, 0.1) is 13.2 Å². The van der Waals surface area contributed by atoms with Crippen LogP contribution in [0.3, 0.4) is 0 Å². The molecule has 23 heavy (non-hydrogen) atoms. The fourth-order valence-corrected chi connectivity index (χ4v) is 2.70. The summed E-state index contributed by atoms with van der Waals surface area (Å²) in [5.74, 6) is -0.142. The molecule has 1 rings (SSSR count). The molecule has 0 N–H and O–H groups in total. The van der Waals surface area contributed by atoms with E-state index >= 15 is 0 Å². The van der Waals surface area contributed by atoms with E-state index in [0.29, 0.717) is 12.2 Å². The molecule has 1 saturated heterocycles. The van der Waals surface area contributed by atoms with Crippen LogP contribution < -0.4 is 0 Å². The lowest BCUT2D eigenvalue weighted by Crippen LogP contribution is -2.46. The molecule has 0 radical (unpaired) electrons. The molecule has 0 saturated carbocycles. The summed E-state index contributed by atoms with van der Waals surface area (Å²) in [4.78, 5) is 25.0. The van der Waals surface area contributed by atoms with Crippen LogP contribution in [0.15, 0.2) is 11.8 Å². The van der Waals surface area contributed by atoms with Crippen LogP contribution >= 0.6 is 0 Å². The molecule has 0 aromatic rings. The topological polar surface area (TPSA) is 65.1 Å². The van der Waals surface area contributed by atoms with Crippen LogP contribution in [0.4, 0.5) is 4.79 Å². The van der Waals surface area contributed by atoms with Gasteiger partial charge in [-0.25, -0.2) is 9.59 Å². The van der Waals surface area contributed by atoms with Crippen molar-refractivity contribution in [1.82, 2.24) is 4.90 Å². The van der Waals surface area contributed by atoms with Crippen LogP contribution in [-0.2, 0) is 19.0 Å². The predicted molar refractivity (Wildman–Crippen MR) is 86.7 cm³/mol. The molecule has 1 aliphatic rings. The first kappa shape index (κ1) is 19.5. The maximum Gasteiger partial charge on any atom is 0.417 e. The van der Waals surface area contributed by atoms with Gasteiger partial charge in [-0.05, 0) is 6.42 Å². The van der Waals surface area contributed by atoms with Gasteiger partial charge in [-0.2, -0.15) is 0 Å². The molecule has 0 bridgehead atoms. The maximum atomic E-state index is 12.1. The summed E-state index contributed by atoms with van der Waals surface area (Å²) in [6.45, 7) is 2.40. The fourth-order valence-electron chi connectivity index (χ4n) is 2.70. The highest BCUT2D eigenvalue weighted by atomic mass is 16.6. The largest absolute Gasteiger partial charge is 0.466 e. The van der Waals surface area contributed by atoms with Gasteiger partial charge >= 0.3 is 12.1 Å². The van der Waals surface area contributed by atoms with Crippen molar-refractivity contribution in [2.45, 2.75) is 64.3 Å². The molecule has 132 valence electrons. The van der Waals surface area contributed by atoms with E-state index in [2.05, 4.69) is 11.7 Å². The number of ether oxygens (including phenoxy) is 3. The summed E-state index contributed by atoms with van der Waals surface area (Å²) in [5, 5.41) is 0. The molecule has 1 fully saturated rings. The lowest BCUT2D eigenvalue weighted by atomic mass is 10.0. The number of cyclic esters (lactones) is 1. The van der Waals surface area contributed by atoms with Crippen molar-refractivity contribution in [3.63, 3.8) is 0 Å². The van der Waals surface area contributed by atoms with E-state index in [9.17, 15) is 9.59 Å². The first-order chi connectivity index (χ1) is 11.1. The third-order valence-corrected chi connectivity index (χ3v) is 3.97. The summed E-state index contributed by atoms with van der Waals surface area (Å²) in [6.07, 6.45) is 9.37. The highest BCUT2D eigenvalue weighted by Gasteiger charge is 2.32. The number of unbranched alkanes of at least 4 members (excludes halogenated alkanes) is 5. The summed E-state index contributed by atoms with van der Waals surface area (Å²) in [7, 11) is 2.85. The zero-order valence-corrected chi connectivity index (χ0v) is 14.5. The Morgan fingerprint density at radius 3 is 2.61 bits per heavy atom. The molecule has 6 nitrogen and oxygen atoms in total. The number of carbonyl (C=O) groups excluding carboxylic acids is 2. The van der Waals surface area contributed by atoms with Crippen LogP contribution in [0.2, 0.25) is 0 Å². The second-order valence-electron chi connectivity index (χ2n) is 5.80. The average molecular weight is 327 g/mol. The Bertz CT molecular complexity index is 408. The smallest absolute Gasteiger partial charge is 0.417 e. The van der Waals surface area contributed by atoms with Crippen molar-refractivity contribution in [3.8, 4) is 0 Å². The quantitative estimate of drug-likeness (QED) is 0.348. The Morgan fingerprint density at radius 1 is 1.26 bits per heavy atom. The Morgan fingerprint density at radius 2 is 1.96 bits per heavy atom. The summed E-state index contributed by atoms with van der Waals surface area (Å²) < 4.78 is 14.9. The first-order valence-corrected chi connectivity index (χ1v) is 8.38. The Balaban J connectivity index is 2.56. The molecule has 1 aliphatic heterocycles. The SMILES string of the molecule is CCCCCCCCC1C/C(=C\C(=O)OC)OC(=O)N1COC. The van der Waals surface area contributed by atoms with Crippen LogP contribution in [0.1, 0.15) is 58.3 Å². The third-order valence-electron chi connectivity index (χ3n) is 3.97.